The molecule has 3 rings (SSSR count). The van der Waals surface area contributed by atoms with E-state index in [4.69, 9.17) is 0 Å². The molecule has 1 aliphatic rings. The largest absolute Gasteiger partial charge is 0.394 e. The molecule has 0 amide bonds. The zero-order valence-corrected chi connectivity index (χ0v) is 11.9. The SMILES string of the molecule is Cc1cnc2c(S(=O)(=O)NC3(CO)CC3)cccc2c1. The predicted octanol–water partition coefficient (Wildman–Crippen LogP) is 1.35. The van der Waals surface area contributed by atoms with Crippen LogP contribution in [0.3, 0.4) is 0 Å². The van der Waals surface area contributed by atoms with Gasteiger partial charge in [-0.2, -0.15) is 0 Å². The maximum Gasteiger partial charge on any atom is 0.243 e. The number of aliphatic hydroxyl groups is 1. The molecular weight excluding hydrogens is 276 g/mol. The van der Waals surface area contributed by atoms with Crippen LogP contribution in [0, 0.1) is 6.92 Å². The number of aliphatic hydroxyl groups excluding tert-OH is 1. The summed E-state index contributed by atoms with van der Waals surface area (Å²) in [5.74, 6) is 0. The van der Waals surface area contributed by atoms with Crippen LogP contribution >= 0.6 is 0 Å². The van der Waals surface area contributed by atoms with Crippen molar-refractivity contribution in [1.82, 2.24) is 9.71 Å². The molecule has 1 saturated carbocycles. The number of nitrogens with one attached hydrogen (secondary N) is 1. The summed E-state index contributed by atoms with van der Waals surface area (Å²) in [5, 5.41) is 10.1. The number of fused-ring (bicyclic) bond motifs is 1. The summed E-state index contributed by atoms with van der Waals surface area (Å²) in [7, 11) is -3.68. The van der Waals surface area contributed by atoms with E-state index in [2.05, 4.69) is 9.71 Å². The molecule has 1 aromatic heterocycles. The van der Waals surface area contributed by atoms with Crippen molar-refractivity contribution in [2.75, 3.05) is 6.61 Å². The molecule has 0 unspecified atom stereocenters. The summed E-state index contributed by atoms with van der Waals surface area (Å²) in [5.41, 5.74) is 0.763. The molecule has 0 spiro atoms. The van der Waals surface area contributed by atoms with E-state index >= 15 is 0 Å². The topological polar surface area (TPSA) is 79.3 Å². The first-order chi connectivity index (χ1) is 9.46. The molecule has 0 atom stereocenters. The zero-order chi connectivity index (χ0) is 14.4. The Hall–Kier alpha value is -1.50. The minimum Gasteiger partial charge on any atom is -0.394 e. The average Bonchev–Trinajstić information content (AvgIpc) is 3.17. The summed E-state index contributed by atoms with van der Waals surface area (Å²) in [4.78, 5) is 4.40. The molecule has 0 saturated heterocycles. The summed E-state index contributed by atoms with van der Waals surface area (Å²) in [6.07, 6.45) is 2.99. The minimum atomic E-state index is -3.68. The number of nitrogens with zero attached hydrogens (tertiary/aromatic N) is 1. The van der Waals surface area contributed by atoms with Gasteiger partial charge in [-0.25, -0.2) is 13.1 Å². The Morgan fingerprint density at radius 1 is 1.40 bits per heavy atom. The second-order valence-corrected chi connectivity index (χ2v) is 7.04. The van der Waals surface area contributed by atoms with Gasteiger partial charge < -0.3 is 5.11 Å². The van der Waals surface area contributed by atoms with Crippen LogP contribution in [0.4, 0.5) is 0 Å². The normalized spacial score (nSPS) is 17.3. The van der Waals surface area contributed by atoms with Gasteiger partial charge >= 0.3 is 0 Å². The summed E-state index contributed by atoms with van der Waals surface area (Å²) < 4.78 is 27.6. The molecule has 5 nitrogen and oxygen atoms in total. The Morgan fingerprint density at radius 3 is 2.80 bits per heavy atom. The van der Waals surface area contributed by atoms with Gasteiger partial charge in [-0.05, 0) is 37.5 Å². The molecule has 1 aromatic carbocycles. The number of hydrogen-bond donors (Lipinski definition) is 2. The highest BCUT2D eigenvalue weighted by Gasteiger charge is 2.45. The number of para-hydroxylation sites is 1. The monoisotopic (exact) mass is 292 g/mol. The van der Waals surface area contributed by atoms with E-state index in [0.717, 1.165) is 10.9 Å². The standard InChI is InChI=1S/C14H16N2O3S/c1-10-7-11-3-2-4-12(13(11)15-8-10)20(18,19)16-14(9-17)5-6-14/h2-4,7-8,16-17H,5-6,9H2,1H3. The van der Waals surface area contributed by atoms with Crippen molar-refractivity contribution in [1.29, 1.82) is 0 Å². The highest BCUT2D eigenvalue weighted by molar-refractivity contribution is 7.89. The first-order valence-corrected chi connectivity index (χ1v) is 7.94. The third-order valence-electron chi connectivity index (χ3n) is 3.61. The highest BCUT2D eigenvalue weighted by atomic mass is 32.2. The fraction of sp³-hybridized carbons (Fsp3) is 0.357. The van der Waals surface area contributed by atoms with Gasteiger partial charge in [0, 0.05) is 11.6 Å². The van der Waals surface area contributed by atoms with Crippen LogP contribution < -0.4 is 4.72 Å². The second kappa shape index (κ2) is 4.51. The molecule has 0 aliphatic heterocycles. The Kier molecular flexibility index (Phi) is 3.04. The number of benzene rings is 1. The van der Waals surface area contributed by atoms with E-state index in [9.17, 15) is 13.5 Å². The maximum atomic E-state index is 12.5. The van der Waals surface area contributed by atoms with E-state index in [-0.39, 0.29) is 11.5 Å². The van der Waals surface area contributed by atoms with Crippen LogP contribution in [0.1, 0.15) is 18.4 Å². The number of aromatic nitrogens is 1. The second-order valence-electron chi connectivity index (χ2n) is 5.38. The van der Waals surface area contributed by atoms with Crippen molar-refractivity contribution in [2.24, 2.45) is 0 Å². The van der Waals surface area contributed by atoms with Crippen molar-refractivity contribution in [3.8, 4) is 0 Å². The van der Waals surface area contributed by atoms with Gasteiger partial charge in [0.15, 0.2) is 0 Å². The first-order valence-electron chi connectivity index (χ1n) is 6.46. The lowest BCUT2D eigenvalue weighted by molar-refractivity contribution is 0.246. The zero-order valence-electron chi connectivity index (χ0n) is 11.1. The molecular formula is C14H16N2O3S. The van der Waals surface area contributed by atoms with E-state index < -0.39 is 15.6 Å². The maximum absolute atomic E-state index is 12.5. The molecule has 20 heavy (non-hydrogen) atoms. The molecule has 106 valence electrons. The quantitative estimate of drug-likeness (QED) is 0.891. The van der Waals surface area contributed by atoms with Crippen molar-refractivity contribution < 1.29 is 13.5 Å². The Labute approximate surface area is 117 Å². The van der Waals surface area contributed by atoms with Crippen LogP contribution in [0.5, 0.6) is 0 Å². The summed E-state index contributed by atoms with van der Waals surface area (Å²) in [6, 6.07) is 6.99. The molecule has 6 heteroatoms. The number of rotatable bonds is 4. The molecule has 1 fully saturated rings. The van der Waals surface area contributed by atoms with Crippen molar-refractivity contribution in [3.63, 3.8) is 0 Å². The van der Waals surface area contributed by atoms with E-state index in [1.54, 1.807) is 18.3 Å². The lowest BCUT2D eigenvalue weighted by Gasteiger charge is -2.15. The average molecular weight is 292 g/mol. The fourth-order valence-electron chi connectivity index (χ4n) is 2.24. The van der Waals surface area contributed by atoms with Crippen LogP contribution in [0.15, 0.2) is 35.4 Å². The lowest BCUT2D eigenvalue weighted by Crippen LogP contribution is -2.39. The van der Waals surface area contributed by atoms with Gasteiger partial charge in [0.1, 0.15) is 4.90 Å². The molecule has 1 heterocycles. The summed E-state index contributed by atoms with van der Waals surface area (Å²) >= 11 is 0. The minimum absolute atomic E-state index is 0.162. The third-order valence-corrected chi connectivity index (χ3v) is 5.22. The van der Waals surface area contributed by atoms with Crippen LogP contribution in [0.25, 0.3) is 10.9 Å². The van der Waals surface area contributed by atoms with Crippen molar-refractivity contribution in [3.05, 3.63) is 36.0 Å². The van der Waals surface area contributed by atoms with Gasteiger partial charge in [-0.15, -0.1) is 0 Å². The Bertz CT molecular complexity index is 767. The molecule has 2 aromatic rings. The van der Waals surface area contributed by atoms with Gasteiger partial charge in [-0.1, -0.05) is 12.1 Å². The van der Waals surface area contributed by atoms with Crippen LogP contribution in [-0.2, 0) is 10.0 Å². The third kappa shape index (κ3) is 2.30. The predicted molar refractivity (Wildman–Crippen MR) is 75.9 cm³/mol. The van der Waals surface area contributed by atoms with Crippen molar-refractivity contribution in [2.45, 2.75) is 30.2 Å². The van der Waals surface area contributed by atoms with E-state index in [1.807, 2.05) is 19.1 Å². The fourth-order valence-corrected chi connectivity index (χ4v) is 3.87. The first kappa shape index (κ1) is 13.5. The Balaban J connectivity index is 2.09. The van der Waals surface area contributed by atoms with E-state index in [1.165, 1.54) is 0 Å². The molecule has 0 radical (unpaired) electrons. The van der Waals surface area contributed by atoms with Gasteiger partial charge in [0.25, 0.3) is 0 Å². The van der Waals surface area contributed by atoms with Crippen LogP contribution in [0.2, 0.25) is 0 Å². The van der Waals surface area contributed by atoms with Crippen LogP contribution in [-0.4, -0.2) is 30.7 Å². The van der Waals surface area contributed by atoms with Gasteiger partial charge in [0.05, 0.1) is 17.7 Å². The molecule has 0 bridgehead atoms. The highest BCUT2D eigenvalue weighted by Crippen LogP contribution is 2.36. The number of aryl methyl sites for hydroxylation is 1. The van der Waals surface area contributed by atoms with Crippen molar-refractivity contribution >= 4 is 20.9 Å². The smallest absolute Gasteiger partial charge is 0.243 e. The number of pyridine rings is 1. The molecule has 1 aliphatic carbocycles. The van der Waals surface area contributed by atoms with E-state index in [0.29, 0.717) is 18.4 Å². The summed E-state index contributed by atoms with van der Waals surface area (Å²) in [6.45, 7) is 1.74. The number of sulfonamides is 1. The number of hydrogen-bond acceptors (Lipinski definition) is 4. The molecule has 2 N–H and O–H groups in total. The van der Waals surface area contributed by atoms with Gasteiger partial charge in [0.2, 0.25) is 10.0 Å². The van der Waals surface area contributed by atoms with Gasteiger partial charge in [-0.3, -0.25) is 4.98 Å². The lowest BCUT2D eigenvalue weighted by atomic mass is 10.2. The Morgan fingerprint density at radius 2 is 2.15 bits per heavy atom.